The van der Waals surface area contributed by atoms with Crippen molar-refractivity contribution in [3.8, 4) is 0 Å². The molecule has 190 valence electrons. The molecule has 7 nitrogen and oxygen atoms in total. The summed E-state index contributed by atoms with van der Waals surface area (Å²) in [6.07, 6.45) is 1.25. The number of carbonyl (C=O) groups excluding carboxylic acids is 2. The number of nitrogens with one attached hydrogen (secondary N) is 1. The highest BCUT2D eigenvalue weighted by atomic mass is 35.5. The molecule has 0 aliphatic rings. The quantitative estimate of drug-likeness (QED) is 0.413. The Morgan fingerprint density at radius 1 is 0.889 bits per heavy atom. The zero-order valence-corrected chi connectivity index (χ0v) is 22.2. The van der Waals surface area contributed by atoms with Gasteiger partial charge in [-0.05, 0) is 29.3 Å². The van der Waals surface area contributed by atoms with Gasteiger partial charge < -0.3 is 10.2 Å². The summed E-state index contributed by atoms with van der Waals surface area (Å²) in [4.78, 5) is 28.2. The SMILES string of the molecule is CNC(=O)[C@@H](Cc1ccccc1)N(Cc1ccccc1)C(=O)CN(c1cc(Cl)cc(Cl)c1)S(C)(=O)=O. The lowest BCUT2D eigenvalue weighted by Gasteiger charge is -2.33. The zero-order valence-electron chi connectivity index (χ0n) is 19.9. The van der Waals surface area contributed by atoms with E-state index in [-0.39, 0.29) is 34.6 Å². The van der Waals surface area contributed by atoms with Crippen molar-refractivity contribution in [2.75, 3.05) is 24.2 Å². The van der Waals surface area contributed by atoms with Gasteiger partial charge in [-0.2, -0.15) is 0 Å². The van der Waals surface area contributed by atoms with Crippen molar-refractivity contribution >= 4 is 50.7 Å². The fourth-order valence-corrected chi connectivity index (χ4v) is 5.15. The summed E-state index contributed by atoms with van der Waals surface area (Å²) in [7, 11) is -2.39. The largest absolute Gasteiger partial charge is 0.357 e. The van der Waals surface area contributed by atoms with Crippen molar-refractivity contribution < 1.29 is 18.0 Å². The Hall–Kier alpha value is -3.07. The van der Waals surface area contributed by atoms with E-state index in [9.17, 15) is 18.0 Å². The van der Waals surface area contributed by atoms with Gasteiger partial charge in [0.25, 0.3) is 0 Å². The van der Waals surface area contributed by atoms with Crippen LogP contribution < -0.4 is 9.62 Å². The molecule has 3 rings (SSSR count). The molecule has 0 aliphatic carbocycles. The van der Waals surface area contributed by atoms with E-state index < -0.39 is 28.5 Å². The van der Waals surface area contributed by atoms with E-state index in [1.165, 1.54) is 30.1 Å². The van der Waals surface area contributed by atoms with Crippen LogP contribution in [0, 0.1) is 0 Å². The minimum atomic E-state index is -3.90. The molecule has 10 heteroatoms. The molecule has 0 aromatic heterocycles. The second-order valence-electron chi connectivity index (χ2n) is 8.22. The smallest absolute Gasteiger partial charge is 0.244 e. The van der Waals surface area contributed by atoms with Crippen LogP contribution in [-0.2, 0) is 32.6 Å². The van der Waals surface area contributed by atoms with Crippen LogP contribution in [-0.4, -0.2) is 51.0 Å². The molecule has 1 N–H and O–H groups in total. The summed E-state index contributed by atoms with van der Waals surface area (Å²) in [5, 5.41) is 3.09. The maximum Gasteiger partial charge on any atom is 0.244 e. The third-order valence-electron chi connectivity index (χ3n) is 5.53. The second kappa shape index (κ2) is 12.3. The fraction of sp³-hybridized carbons (Fsp3) is 0.231. The minimum Gasteiger partial charge on any atom is -0.357 e. The van der Waals surface area contributed by atoms with E-state index in [4.69, 9.17) is 23.2 Å². The summed E-state index contributed by atoms with van der Waals surface area (Å²) >= 11 is 12.2. The first-order valence-corrected chi connectivity index (χ1v) is 13.7. The van der Waals surface area contributed by atoms with E-state index in [0.29, 0.717) is 0 Å². The standard InChI is InChI=1S/C26H27Cl2N3O4S/c1-29-26(33)24(13-19-9-5-3-6-10-19)30(17-20-11-7-4-8-12-20)25(32)18-31(36(2,34)35)23-15-21(27)14-22(28)16-23/h3-12,14-16,24H,13,17-18H2,1-2H3,(H,29,33)/t24-/m1/s1. The third kappa shape index (κ3) is 7.46. The van der Waals surface area contributed by atoms with Crippen LogP contribution in [0.25, 0.3) is 0 Å². The molecule has 2 amide bonds. The molecule has 0 spiro atoms. The van der Waals surface area contributed by atoms with E-state index in [0.717, 1.165) is 21.7 Å². The molecule has 0 saturated carbocycles. The lowest BCUT2D eigenvalue weighted by Crippen LogP contribution is -2.52. The van der Waals surface area contributed by atoms with Gasteiger partial charge in [0.15, 0.2) is 0 Å². The van der Waals surface area contributed by atoms with Crippen LogP contribution in [0.5, 0.6) is 0 Å². The lowest BCUT2D eigenvalue weighted by molar-refractivity contribution is -0.139. The number of rotatable bonds is 10. The fourth-order valence-electron chi connectivity index (χ4n) is 3.80. The summed E-state index contributed by atoms with van der Waals surface area (Å²) in [5.74, 6) is -0.912. The number of hydrogen-bond acceptors (Lipinski definition) is 4. The van der Waals surface area contributed by atoms with Crippen LogP contribution in [0.4, 0.5) is 5.69 Å². The Balaban J connectivity index is 2.02. The van der Waals surface area contributed by atoms with Crippen molar-refractivity contribution in [3.05, 3.63) is 100 Å². The van der Waals surface area contributed by atoms with Gasteiger partial charge in [0.1, 0.15) is 12.6 Å². The summed E-state index contributed by atoms with van der Waals surface area (Å²) in [6.45, 7) is -0.427. The number of anilines is 1. The molecule has 0 radical (unpaired) electrons. The van der Waals surface area contributed by atoms with Crippen LogP contribution in [0.3, 0.4) is 0 Å². The van der Waals surface area contributed by atoms with E-state index in [1.54, 1.807) is 0 Å². The molecule has 1 atom stereocenters. The molecule has 3 aromatic rings. The molecule has 0 fully saturated rings. The zero-order chi connectivity index (χ0) is 26.3. The molecule has 0 bridgehead atoms. The molecule has 0 saturated heterocycles. The maximum atomic E-state index is 13.8. The average Bonchev–Trinajstić information content (AvgIpc) is 2.84. The molecule has 3 aromatic carbocycles. The van der Waals surface area contributed by atoms with Gasteiger partial charge in [-0.1, -0.05) is 83.9 Å². The van der Waals surface area contributed by atoms with Crippen LogP contribution >= 0.6 is 23.2 Å². The first-order chi connectivity index (χ1) is 17.1. The van der Waals surface area contributed by atoms with Gasteiger partial charge in [0, 0.05) is 30.1 Å². The van der Waals surface area contributed by atoms with Crippen molar-refractivity contribution in [3.63, 3.8) is 0 Å². The topological polar surface area (TPSA) is 86.8 Å². The summed E-state index contributed by atoms with van der Waals surface area (Å²) < 4.78 is 26.4. The van der Waals surface area contributed by atoms with Gasteiger partial charge in [-0.25, -0.2) is 8.42 Å². The van der Waals surface area contributed by atoms with Gasteiger partial charge in [-0.3, -0.25) is 13.9 Å². The molecular weight excluding hydrogens is 521 g/mol. The highest BCUT2D eigenvalue weighted by Crippen LogP contribution is 2.27. The number of carbonyl (C=O) groups is 2. The van der Waals surface area contributed by atoms with Crippen molar-refractivity contribution in [1.29, 1.82) is 0 Å². The Labute approximate surface area is 221 Å². The lowest BCUT2D eigenvalue weighted by atomic mass is 10.0. The molecule has 36 heavy (non-hydrogen) atoms. The number of amides is 2. The van der Waals surface area contributed by atoms with Crippen LogP contribution in [0.15, 0.2) is 78.9 Å². The normalized spacial score (nSPS) is 12.0. The number of nitrogens with zero attached hydrogens (tertiary/aromatic N) is 2. The molecule has 0 heterocycles. The van der Waals surface area contributed by atoms with E-state index >= 15 is 0 Å². The summed E-state index contributed by atoms with van der Waals surface area (Å²) in [6, 6.07) is 22.0. The monoisotopic (exact) mass is 547 g/mol. The molecule has 0 aliphatic heterocycles. The first kappa shape index (κ1) is 27.5. The first-order valence-electron chi connectivity index (χ1n) is 11.1. The minimum absolute atomic E-state index is 0.110. The average molecular weight is 548 g/mol. The Morgan fingerprint density at radius 2 is 1.42 bits per heavy atom. The predicted molar refractivity (Wildman–Crippen MR) is 144 cm³/mol. The Bertz CT molecular complexity index is 1290. The molecular formula is C26H27Cl2N3O4S. The predicted octanol–water partition coefficient (Wildman–Crippen LogP) is 4.15. The highest BCUT2D eigenvalue weighted by Gasteiger charge is 2.32. The van der Waals surface area contributed by atoms with Crippen molar-refractivity contribution in [2.24, 2.45) is 0 Å². The second-order valence-corrected chi connectivity index (χ2v) is 11.0. The van der Waals surface area contributed by atoms with Crippen LogP contribution in [0.2, 0.25) is 10.0 Å². The van der Waals surface area contributed by atoms with Gasteiger partial charge in [0.2, 0.25) is 21.8 Å². The highest BCUT2D eigenvalue weighted by molar-refractivity contribution is 7.92. The van der Waals surface area contributed by atoms with Gasteiger partial charge >= 0.3 is 0 Å². The Morgan fingerprint density at radius 3 is 1.92 bits per heavy atom. The third-order valence-corrected chi connectivity index (χ3v) is 7.10. The Kier molecular flexibility index (Phi) is 9.37. The number of halogens is 2. The number of hydrogen-bond donors (Lipinski definition) is 1. The van der Waals surface area contributed by atoms with Crippen molar-refractivity contribution in [2.45, 2.75) is 19.0 Å². The van der Waals surface area contributed by atoms with Gasteiger partial charge in [-0.15, -0.1) is 0 Å². The van der Waals surface area contributed by atoms with E-state index in [1.807, 2.05) is 60.7 Å². The van der Waals surface area contributed by atoms with Crippen LogP contribution in [0.1, 0.15) is 11.1 Å². The molecule has 0 unspecified atom stereocenters. The number of benzene rings is 3. The summed E-state index contributed by atoms with van der Waals surface area (Å²) in [5.41, 5.74) is 1.81. The van der Waals surface area contributed by atoms with Crippen molar-refractivity contribution in [1.82, 2.24) is 10.2 Å². The number of sulfonamides is 1. The number of likely N-dealkylation sites (N-methyl/N-ethyl adjacent to an activating group) is 1. The van der Waals surface area contributed by atoms with E-state index in [2.05, 4.69) is 5.32 Å². The van der Waals surface area contributed by atoms with Gasteiger partial charge in [0.05, 0.1) is 11.9 Å². The maximum absolute atomic E-state index is 13.8.